The Morgan fingerprint density at radius 3 is 2.56 bits per heavy atom. The molecule has 92 valence electrons. The van der Waals surface area contributed by atoms with Crippen LogP contribution in [0.25, 0.3) is 0 Å². The minimum atomic E-state index is -0.845. The highest BCUT2D eigenvalue weighted by Crippen LogP contribution is 2.15. The summed E-state index contributed by atoms with van der Waals surface area (Å²) in [6.45, 7) is 0. The molecule has 4 heteroatoms. The number of hydrogen-bond donors (Lipinski definition) is 0. The van der Waals surface area contributed by atoms with Gasteiger partial charge >= 0.3 is 0 Å². The van der Waals surface area contributed by atoms with Crippen LogP contribution in [-0.2, 0) is 6.42 Å². The molecule has 2 aromatic rings. The Morgan fingerprint density at radius 2 is 1.89 bits per heavy atom. The predicted octanol–water partition coefficient (Wildman–Crippen LogP) is 4.04. The highest BCUT2D eigenvalue weighted by atomic mass is 35.5. The third-order valence-corrected chi connectivity index (χ3v) is 2.72. The van der Waals surface area contributed by atoms with Gasteiger partial charge in [-0.1, -0.05) is 23.7 Å². The van der Waals surface area contributed by atoms with E-state index in [1.54, 1.807) is 24.3 Å². The smallest absolute Gasteiger partial charge is 0.170 e. The number of ketones is 1. The monoisotopic (exact) mass is 266 g/mol. The molecule has 0 saturated heterocycles. The molecule has 2 rings (SSSR count). The van der Waals surface area contributed by atoms with Crippen LogP contribution in [0.2, 0.25) is 5.02 Å². The summed E-state index contributed by atoms with van der Waals surface area (Å²) in [5.74, 6) is -1.95. The van der Waals surface area contributed by atoms with Gasteiger partial charge in [0.15, 0.2) is 5.78 Å². The number of hydrogen-bond acceptors (Lipinski definition) is 1. The van der Waals surface area contributed by atoms with Crippen molar-refractivity contribution in [1.29, 1.82) is 0 Å². The van der Waals surface area contributed by atoms with Gasteiger partial charge in [0.1, 0.15) is 11.6 Å². The molecule has 0 radical (unpaired) electrons. The summed E-state index contributed by atoms with van der Waals surface area (Å²) in [5, 5.41) is 0.514. The first-order valence-corrected chi connectivity index (χ1v) is 5.67. The third-order valence-electron chi connectivity index (χ3n) is 2.49. The van der Waals surface area contributed by atoms with Gasteiger partial charge in [0.25, 0.3) is 0 Å². The first-order valence-electron chi connectivity index (χ1n) is 5.29. The second kappa shape index (κ2) is 5.27. The number of carbonyl (C=O) groups excluding carboxylic acids is 1. The van der Waals surface area contributed by atoms with Gasteiger partial charge in [-0.2, -0.15) is 0 Å². The molecule has 2 aromatic carbocycles. The molecule has 0 aromatic heterocycles. The Labute approximate surface area is 108 Å². The summed E-state index contributed by atoms with van der Waals surface area (Å²) in [7, 11) is 0. The fourth-order valence-electron chi connectivity index (χ4n) is 1.64. The standard InChI is InChI=1S/C14H9ClF2O/c15-10-3-1-2-9(6-10)7-14(18)12-5-4-11(16)8-13(12)17/h1-6,8H,7H2. The van der Waals surface area contributed by atoms with Gasteiger partial charge in [-0.25, -0.2) is 8.78 Å². The van der Waals surface area contributed by atoms with Crippen LogP contribution >= 0.6 is 11.6 Å². The lowest BCUT2D eigenvalue weighted by atomic mass is 10.0. The third kappa shape index (κ3) is 2.93. The van der Waals surface area contributed by atoms with Crippen LogP contribution in [0.3, 0.4) is 0 Å². The molecule has 1 nitrogen and oxygen atoms in total. The normalized spacial score (nSPS) is 10.4. The van der Waals surface area contributed by atoms with Gasteiger partial charge < -0.3 is 0 Å². The second-order valence-corrected chi connectivity index (χ2v) is 4.29. The minimum Gasteiger partial charge on any atom is -0.294 e. The van der Waals surface area contributed by atoms with E-state index in [-0.39, 0.29) is 12.0 Å². The van der Waals surface area contributed by atoms with Crippen LogP contribution < -0.4 is 0 Å². The Balaban J connectivity index is 2.22. The Kier molecular flexibility index (Phi) is 3.72. The SMILES string of the molecule is O=C(Cc1cccc(Cl)c1)c1ccc(F)cc1F. The first kappa shape index (κ1) is 12.7. The van der Waals surface area contributed by atoms with E-state index in [9.17, 15) is 13.6 Å². The molecule has 0 atom stereocenters. The predicted molar refractivity (Wildman–Crippen MR) is 65.8 cm³/mol. The molecule has 0 heterocycles. The van der Waals surface area contributed by atoms with Gasteiger partial charge in [0.05, 0.1) is 5.56 Å². The van der Waals surface area contributed by atoms with Crippen molar-refractivity contribution in [2.45, 2.75) is 6.42 Å². The Bertz CT molecular complexity index is 596. The molecule has 0 aliphatic rings. The molecule has 0 fully saturated rings. The van der Waals surface area contributed by atoms with Gasteiger partial charge in [-0.3, -0.25) is 4.79 Å². The van der Waals surface area contributed by atoms with Gasteiger partial charge in [-0.05, 0) is 29.8 Å². The van der Waals surface area contributed by atoms with Gasteiger partial charge in [0.2, 0.25) is 0 Å². The molecule has 0 aliphatic heterocycles. The van der Waals surface area contributed by atoms with Crippen molar-refractivity contribution in [2.75, 3.05) is 0 Å². The van der Waals surface area contributed by atoms with Crippen molar-refractivity contribution in [3.8, 4) is 0 Å². The topological polar surface area (TPSA) is 17.1 Å². The largest absolute Gasteiger partial charge is 0.294 e. The maximum Gasteiger partial charge on any atom is 0.170 e. The molecular formula is C14H9ClF2O. The number of carbonyl (C=O) groups is 1. The van der Waals surface area contributed by atoms with Gasteiger partial charge in [-0.15, -0.1) is 0 Å². The van der Waals surface area contributed by atoms with Gasteiger partial charge in [0, 0.05) is 17.5 Å². The summed E-state index contributed by atoms with van der Waals surface area (Å²) in [4.78, 5) is 11.9. The van der Waals surface area contributed by atoms with E-state index in [4.69, 9.17) is 11.6 Å². The summed E-state index contributed by atoms with van der Waals surface area (Å²) in [6, 6.07) is 9.68. The van der Waals surface area contributed by atoms with Crippen LogP contribution in [0.1, 0.15) is 15.9 Å². The molecule has 0 spiro atoms. The van der Waals surface area contributed by atoms with Crippen LogP contribution in [0.15, 0.2) is 42.5 Å². The molecular weight excluding hydrogens is 258 g/mol. The second-order valence-electron chi connectivity index (χ2n) is 3.85. The van der Waals surface area contributed by atoms with E-state index in [0.29, 0.717) is 16.7 Å². The lowest BCUT2D eigenvalue weighted by Crippen LogP contribution is -2.06. The minimum absolute atomic E-state index is 0.0309. The van der Waals surface area contributed by atoms with Crippen molar-refractivity contribution < 1.29 is 13.6 Å². The maximum atomic E-state index is 13.4. The van der Waals surface area contributed by atoms with E-state index in [1.807, 2.05) is 0 Å². The average molecular weight is 267 g/mol. The van der Waals surface area contributed by atoms with Crippen LogP contribution in [0.5, 0.6) is 0 Å². The highest BCUT2D eigenvalue weighted by Gasteiger charge is 2.13. The fraction of sp³-hybridized carbons (Fsp3) is 0.0714. The van der Waals surface area contributed by atoms with E-state index in [0.717, 1.165) is 12.1 Å². The maximum absolute atomic E-state index is 13.4. The zero-order valence-corrected chi connectivity index (χ0v) is 10.0. The van der Waals surface area contributed by atoms with Crippen molar-refractivity contribution in [1.82, 2.24) is 0 Å². The number of rotatable bonds is 3. The van der Waals surface area contributed by atoms with E-state index in [1.165, 1.54) is 0 Å². The first-order chi connectivity index (χ1) is 8.56. The summed E-state index contributed by atoms with van der Waals surface area (Å²) < 4.78 is 26.1. The molecule has 0 N–H and O–H groups in total. The average Bonchev–Trinajstić information content (AvgIpc) is 2.28. The Morgan fingerprint density at radius 1 is 1.11 bits per heavy atom. The van der Waals surface area contributed by atoms with E-state index < -0.39 is 17.4 Å². The number of Topliss-reactive ketones (excluding diaryl/α,β-unsaturated/α-hetero) is 1. The fourth-order valence-corrected chi connectivity index (χ4v) is 1.86. The summed E-state index contributed by atoms with van der Waals surface area (Å²) in [5.41, 5.74) is 0.576. The van der Waals surface area contributed by atoms with E-state index in [2.05, 4.69) is 0 Å². The van der Waals surface area contributed by atoms with Crippen molar-refractivity contribution >= 4 is 17.4 Å². The molecule has 0 bridgehead atoms. The van der Waals surface area contributed by atoms with E-state index >= 15 is 0 Å². The molecule has 0 aliphatic carbocycles. The molecule has 0 amide bonds. The zero-order chi connectivity index (χ0) is 13.1. The molecule has 18 heavy (non-hydrogen) atoms. The zero-order valence-electron chi connectivity index (χ0n) is 9.29. The van der Waals surface area contributed by atoms with Crippen molar-refractivity contribution in [3.63, 3.8) is 0 Å². The lowest BCUT2D eigenvalue weighted by molar-refractivity contribution is 0.0989. The summed E-state index contributed by atoms with van der Waals surface area (Å²) in [6.07, 6.45) is 0.0309. The quantitative estimate of drug-likeness (QED) is 0.766. The Hall–Kier alpha value is -1.74. The van der Waals surface area contributed by atoms with Crippen molar-refractivity contribution in [2.24, 2.45) is 0 Å². The van der Waals surface area contributed by atoms with Crippen LogP contribution in [0, 0.1) is 11.6 Å². The lowest BCUT2D eigenvalue weighted by Gasteiger charge is -2.03. The molecule has 0 saturated carbocycles. The summed E-state index contributed by atoms with van der Waals surface area (Å²) >= 11 is 5.79. The van der Waals surface area contributed by atoms with Crippen molar-refractivity contribution in [3.05, 3.63) is 70.2 Å². The van der Waals surface area contributed by atoms with Crippen LogP contribution in [-0.4, -0.2) is 5.78 Å². The number of halogens is 3. The number of benzene rings is 2. The highest BCUT2D eigenvalue weighted by molar-refractivity contribution is 6.30. The molecule has 0 unspecified atom stereocenters. The van der Waals surface area contributed by atoms with Crippen LogP contribution in [0.4, 0.5) is 8.78 Å².